The number of aliphatic carboxylic acids is 3. The van der Waals surface area contributed by atoms with Crippen LogP contribution in [0.3, 0.4) is 0 Å². The first-order valence-corrected chi connectivity index (χ1v) is 5.56. The summed E-state index contributed by atoms with van der Waals surface area (Å²) in [6.07, 6.45) is 0. The number of aliphatic hydroxyl groups excluding tert-OH is 1. The van der Waals surface area contributed by atoms with Crippen molar-refractivity contribution >= 4 is 17.9 Å². The van der Waals surface area contributed by atoms with Crippen LogP contribution in [0.5, 0.6) is 0 Å². The van der Waals surface area contributed by atoms with E-state index >= 15 is 0 Å². The average molecular weight is 326 g/mol. The van der Waals surface area contributed by atoms with Gasteiger partial charge in [-0.25, -0.2) is 0 Å². The third-order valence-corrected chi connectivity index (χ3v) is 2.23. The molecule has 0 unspecified atom stereocenters. The number of carbonyl (C=O) groups is 3. The van der Waals surface area contributed by atoms with Gasteiger partial charge in [0.25, 0.3) is 0 Å². The van der Waals surface area contributed by atoms with Gasteiger partial charge in [0.1, 0.15) is 0 Å². The minimum atomic E-state index is -1.16. The maximum atomic E-state index is 10.6. The van der Waals surface area contributed by atoms with Gasteiger partial charge in [-0.1, -0.05) is 0 Å². The van der Waals surface area contributed by atoms with Gasteiger partial charge in [0.2, 0.25) is 0 Å². The Morgan fingerprint density at radius 2 is 1.05 bits per heavy atom. The summed E-state index contributed by atoms with van der Waals surface area (Å²) >= 11 is 0. The Kier molecular flexibility index (Phi) is 19.0. The van der Waals surface area contributed by atoms with Crippen LogP contribution in [0.1, 0.15) is 2.85 Å². The summed E-state index contributed by atoms with van der Waals surface area (Å²) in [5, 5.41) is 34.7. The molecule has 0 fully saturated rings. The van der Waals surface area contributed by atoms with Crippen molar-refractivity contribution in [3.63, 3.8) is 0 Å². The van der Waals surface area contributed by atoms with Gasteiger partial charge in [-0.15, -0.1) is 0 Å². The standard InChI is InChI=1S/C10H18N2O7.2Na.2H/c13-4-3-11(5-8(14)15)1-2-12(6-9(16)17)7-10(18)19;;;;/h13H,1-7H2,(H,14,15)(H,16,17)(H,18,19);;;;/q;2*+1;2*-1. The molecule has 0 spiro atoms. The number of hydrogen-bond donors (Lipinski definition) is 4. The van der Waals surface area contributed by atoms with Gasteiger partial charge in [-0.3, -0.25) is 24.2 Å². The second kappa shape index (κ2) is 15.2. The van der Waals surface area contributed by atoms with E-state index in [0.717, 1.165) is 0 Å². The number of nitrogens with zero attached hydrogens (tertiary/aromatic N) is 2. The fourth-order valence-corrected chi connectivity index (χ4v) is 1.48. The molecule has 4 N–H and O–H groups in total. The largest absolute Gasteiger partial charge is 1.00 e. The number of aliphatic hydroxyl groups is 1. The van der Waals surface area contributed by atoms with Crippen LogP contribution >= 0.6 is 0 Å². The quantitative estimate of drug-likeness (QED) is 0.273. The van der Waals surface area contributed by atoms with Crippen LogP contribution in [-0.4, -0.2) is 94.0 Å². The van der Waals surface area contributed by atoms with Gasteiger partial charge in [-0.2, -0.15) is 0 Å². The van der Waals surface area contributed by atoms with Crippen LogP contribution in [0.25, 0.3) is 0 Å². The van der Waals surface area contributed by atoms with E-state index in [1.165, 1.54) is 9.80 Å². The molecule has 0 saturated carbocycles. The molecule has 0 amide bonds. The number of hydrogen-bond acceptors (Lipinski definition) is 6. The van der Waals surface area contributed by atoms with Crippen molar-refractivity contribution < 1.29 is 96.8 Å². The molecule has 9 nitrogen and oxygen atoms in total. The van der Waals surface area contributed by atoms with E-state index in [2.05, 4.69) is 0 Å². The second-order valence-electron chi connectivity index (χ2n) is 3.89. The van der Waals surface area contributed by atoms with Crippen molar-refractivity contribution in [3.05, 3.63) is 0 Å². The summed E-state index contributed by atoms with van der Waals surface area (Å²) in [7, 11) is 0. The predicted octanol–water partition coefficient (Wildman–Crippen LogP) is -7.93. The summed E-state index contributed by atoms with van der Waals surface area (Å²) < 4.78 is 0. The molecule has 0 rings (SSSR count). The molecule has 21 heavy (non-hydrogen) atoms. The Morgan fingerprint density at radius 1 is 0.714 bits per heavy atom. The number of carboxylic acids is 3. The third-order valence-electron chi connectivity index (χ3n) is 2.23. The zero-order valence-electron chi connectivity index (χ0n) is 14.4. The summed E-state index contributed by atoms with van der Waals surface area (Å²) in [5.41, 5.74) is 0. The SMILES string of the molecule is O=C(O)CN(CCO)CCN(CC(=O)O)CC(=O)O.[H-].[H-].[Na+].[Na+]. The molecule has 0 bridgehead atoms. The maximum absolute atomic E-state index is 10.6. The van der Waals surface area contributed by atoms with Crippen molar-refractivity contribution in [3.8, 4) is 0 Å². The molecule has 0 radical (unpaired) electrons. The van der Waals surface area contributed by atoms with E-state index in [1.807, 2.05) is 0 Å². The number of rotatable bonds is 11. The second-order valence-corrected chi connectivity index (χ2v) is 3.89. The Morgan fingerprint density at radius 3 is 1.38 bits per heavy atom. The van der Waals surface area contributed by atoms with Crippen molar-refractivity contribution in [1.82, 2.24) is 9.80 Å². The molecule has 0 heterocycles. The molecule has 0 aliphatic rings. The minimum Gasteiger partial charge on any atom is -1.00 e. The Hall–Kier alpha value is 0.290. The molecule has 11 heteroatoms. The van der Waals surface area contributed by atoms with Crippen molar-refractivity contribution in [2.45, 2.75) is 0 Å². The van der Waals surface area contributed by atoms with Gasteiger partial charge in [0, 0.05) is 19.6 Å². The average Bonchev–Trinajstić information content (AvgIpc) is 2.23. The van der Waals surface area contributed by atoms with Crippen LogP contribution < -0.4 is 59.1 Å². The van der Waals surface area contributed by atoms with E-state index in [0.29, 0.717) is 0 Å². The minimum absolute atomic E-state index is 0. The fraction of sp³-hybridized carbons (Fsp3) is 0.700. The first-order valence-electron chi connectivity index (χ1n) is 5.56. The summed E-state index contributed by atoms with van der Waals surface area (Å²) in [4.78, 5) is 34.3. The van der Waals surface area contributed by atoms with Crippen molar-refractivity contribution in [1.29, 1.82) is 0 Å². The van der Waals surface area contributed by atoms with Gasteiger partial charge in [0.15, 0.2) is 0 Å². The molecule has 0 atom stereocenters. The molecule has 0 saturated heterocycles. The molecular weight excluding hydrogens is 306 g/mol. The number of carboxylic acid groups (broad SMARTS) is 3. The zero-order valence-corrected chi connectivity index (χ0v) is 16.4. The van der Waals surface area contributed by atoms with E-state index in [-0.39, 0.29) is 94.8 Å². The predicted molar refractivity (Wildman–Crippen MR) is 65.1 cm³/mol. The molecular formula is C10H20N2Na2O7. The van der Waals surface area contributed by atoms with Crippen molar-refractivity contribution in [2.75, 3.05) is 45.9 Å². The monoisotopic (exact) mass is 326 g/mol. The summed E-state index contributed by atoms with van der Waals surface area (Å²) in [6, 6.07) is 0. The first kappa shape index (κ1) is 26.2. The van der Waals surface area contributed by atoms with E-state index in [1.54, 1.807) is 0 Å². The normalized spacial score (nSPS) is 9.86. The van der Waals surface area contributed by atoms with Gasteiger partial charge in [0.05, 0.1) is 26.2 Å². The summed E-state index contributed by atoms with van der Waals surface area (Å²) in [6.45, 7) is -1.03. The van der Waals surface area contributed by atoms with Crippen LogP contribution in [0.15, 0.2) is 0 Å². The molecule has 114 valence electrons. The molecule has 0 aliphatic heterocycles. The zero-order chi connectivity index (χ0) is 14.8. The van der Waals surface area contributed by atoms with Crippen LogP contribution in [0, 0.1) is 0 Å². The fourth-order valence-electron chi connectivity index (χ4n) is 1.48. The van der Waals surface area contributed by atoms with Crippen LogP contribution in [0.4, 0.5) is 0 Å². The first-order chi connectivity index (χ1) is 8.85. The van der Waals surface area contributed by atoms with Crippen LogP contribution in [-0.2, 0) is 14.4 Å². The van der Waals surface area contributed by atoms with Crippen molar-refractivity contribution in [2.24, 2.45) is 0 Å². The van der Waals surface area contributed by atoms with Gasteiger partial charge in [-0.05, 0) is 0 Å². The van der Waals surface area contributed by atoms with Gasteiger partial charge >= 0.3 is 77.0 Å². The Labute approximate surface area is 169 Å². The summed E-state index contributed by atoms with van der Waals surface area (Å²) in [5.74, 6) is -3.39. The topological polar surface area (TPSA) is 139 Å². The Balaban J connectivity index is -0.000000270. The molecule has 0 aliphatic carbocycles. The Bertz CT molecular complexity index is 324. The van der Waals surface area contributed by atoms with Gasteiger partial charge < -0.3 is 23.3 Å². The maximum Gasteiger partial charge on any atom is 1.00 e. The van der Waals surface area contributed by atoms with E-state index in [4.69, 9.17) is 20.4 Å². The van der Waals surface area contributed by atoms with Crippen LogP contribution in [0.2, 0.25) is 0 Å². The smallest absolute Gasteiger partial charge is 1.00 e. The third kappa shape index (κ3) is 16.5. The molecule has 0 aromatic carbocycles. The molecule has 0 aromatic rings. The molecule has 0 aromatic heterocycles. The van der Waals surface area contributed by atoms with E-state index < -0.39 is 31.0 Å². The van der Waals surface area contributed by atoms with E-state index in [9.17, 15) is 14.4 Å².